The first-order chi connectivity index (χ1) is 8.08. The van der Waals surface area contributed by atoms with Gasteiger partial charge in [-0.25, -0.2) is 8.78 Å². The Bertz CT molecular complexity index is 398. The van der Waals surface area contributed by atoms with E-state index in [1.165, 1.54) is 13.2 Å². The lowest BCUT2D eigenvalue weighted by atomic mass is 10.3. The summed E-state index contributed by atoms with van der Waals surface area (Å²) in [6.07, 6.45) is 0. The van der Waals surface area contributed by atoms with Gasteiger partial charge in [0, 0.05) is 6.07 Å². The van der Waals surface area contributed by atoms with Crippen molar-refractivity contribution in [1.29, 1.82) is 0 Å². The van der Waals surface area contributed by atoms with Gasteiger partial charge in [-0.2, -0.15) is 0 Å². The van der Waals surface area contributed by atoms with Gasteiger partial charge in [-0.1, -0.05) is 0 Å². The fourth-order valence-electron chi connectivity index (χ4n) is 1.16. The van der Waals surface area contributed by atoms with Crippen LogP contribution in [0, 0.1) is 11.6 Å². The Morgan fingerprint density at radius 2 is 2.12 bits per heavy atom. The molecule has 0 saturated carbocycles. The van der Waals surface area contributed by atoms with E-state index < -0.39 is 23.6 Å². The molecule has 0 amide bonds. The van der Waals surface area contributed by atoms with Crippen LogP contribution in [0.4, 0.5) is 8.78 Å². The first kappa shape index (κ1) is 13.4. The minimum Gasteiger partial charge on any atom is -0.491 e. The molecule has 0 radical (unpaired) electrons. The molecule has 4 nitrogen and oxygen atoms in total. The molecule has 94 valence electrons. The molecule has 0 bridgehead atoms. The summed E-state index contributed by atoms with van der Waals surface area (Å²) in [6, 6.07) is 2.49. The largest absolute Gasteiger partial charge is 0.491 e. The van der Waals surface area contributed by atoms with Crippen LogP contribution in [0.2, 0.25) is 0 Å². The lowest BCUT2D eigenvalue weighted by molar-refractivity contribution is -0.143. The topological polar surface area (TPSA) is 47.6 Å². The van der Waals surface area contributed by atoms with Crippen LogP contribution in [0.25, 0.3) is 0 Å². The van der Waals surface area contributed by atoms with Crippen molar-refractivity contribution in [2.75, 3.05) is 20.8 Å². The van der Waals surface area contributed by atoms with Crippen molar-refractivity contribution in [3.8, 4) is 5.75 Å². The summed E-state index contributed by atoms with van der Waals surface area (Å²) in [5.41, 5.74) is 0. The van der Waals surface area contributed by atoms with Gasteiger partial charge >= 0.3 is 5.97 Å². The number of rotatable bonds is 5. The van der Waals surface area contributed by atoms with Gasteiger partial charge in [0.05, 0.1) is 7.11 Å². The van der Waals surface area contributed by atoms with Gasteiger partial charge in [0.25, 0.3) is 0 Å². The molecule has 1 aromatic rings. The van der Waals surface area contributed by atoms with E-state index in [0.29, 0.717) is 0 Å². The average molecular weight is 245 g/mol. The highest BCUT2D eigenvalue weighted by atomic mass is 19.2. The predicted molar refractivity (Wildman–Crippen MR) is 56.7 cm³/mol. The smallest absolute Gasteiger partial charge is 0.326 e. The minimum atomic E-state index is -0.999. The van der Waals surface area contributed by atoms with Gasteiger partial charge < -0.3 is 14.8 Å². The van der Waals surface area contributed by atoms with E-state index in [9.17, 15) is 13.6 Å². The Balaban J connectivity index is 2.59. The van der Waals surface area contributed by atoms with Crippen LogP contribution in [0.3, 0.4) is 0 Å². The molecule has 1 aromatic carbocycles. The van der Waals surface area contributed by atoms with Gasteiger partial charge in [-0.3, -0.25) is 4.79 Å². The Kier molecular flexibility index (Phi) is 4.84. The Morgan fingerprint density at radius 1 is 1.41 bits per heavy atom. The first-order valence-electron chi connectivity index (χ1n) is 4.91. The molecular weight excluding hydrogens is 232 g/mol. The van der Waals surface area contributed by atoms with Gasteiger partial charge in [-0.15, -0.1) is 0 Å². The van der Waals surface area contributed by atoms with Crippen molar-refractivity contribution in [1.82, 2.24) is 5.32 Å². The average Bonchev–Trinajstić information content (AvgIpc) is 2.33. The van der Waals surface area contributed by atoms with Crippen LogP contribution in [0.5, 0.6) is 5.75 Å². The number of nitrogens with one attached hydrogen (secondary N) is 1. The summed E-state index contributed by atoms with van der Waals surface area (Å²) < 4.78 is 35.1. The molecular formula is C11H13F2NO3. The molecule has 1 rings (SSSR count). The fourth-order valence-corrected chi connectivity index (χ4v) is 1.16. The van der Waals surface area contributed by atoms with Gasteiger partial charge in [0.2, 0.25) is 0 Å². The van der Waals surface area contributed by atoms with Crippen molar-refractivity contribution < 1.29 is 23.0 Å². The zero-order valence-electron chi connectivity index (χ0n) is 9.50. The van der Waals surface area contributed by atoms with E-state index in [0.717, 1.165) is 12.1 Å². The fraction of sp³-hybridized carbons (Fsp3) is 0.364. The number of methoxy groups -OCH3 is 1. The number of carbonyl (C=O) groups is 1. The molecule has 0 aliphatic carbocycles. The van der Waals surface area contributed by atoms with Gasteiger partial charge in [0.1, 0.15) is 18.4 Å². The Labute approximate surface area is 97.5 Å². The van der Waals surface area contributed by atoms with E-state index in [2.05, 4.69) is 10.1 Å². The number of hydrogen-bond donors (Lipinski definition) is 1. The standard InChI is InChI=1S/C11H13F2NO3/c1-14-10(11(15)16-2)6-17-7-3-4-8(12)9(13)5-7/h3-5,10,14H,6H2,1-2H3/t10-/m1/s1. The summed E-state index contributed by atoms with van der Waals surface area (Å²) in [5.74, 6) is -2.29. The number of carbonyl (C=O) groups excluding carboxylic acids is 1. The van der Waals surface area contributed by atoms with Crippen molar-refractivity contribution in [3.63, 3.8) is 0 Å². The number of hydrogen-bond acceptors (Lipinski definition) is 4. The zero-order chi connectivity index (χ0) is 12.8. The van der Waals surface area contributed by atoms with Crippen LogP contribution in [-0.4, -0.2) is 32.8 Å². The molecule has 0 spiro atoms. The number of benzene rings is 1. The third-order valence-corrected chi connectivity index (χ3v) is 2.14. The lowest BCUT2D eigenvalue weighted by Crippen LogP contribution is -2.40. The molecule has 0 heterocycles. The second kappa shape index (κ2) is 6.15. The third kappa shape index (κ3) is 3.67. The van der Waals surface area contributed by atoms with Crippen molar-refractivity contribution in [3.05, 3.63) is 29.8 Å². The van der Waals surface area contributed by atoms with Crippen LogP contribution >= 0.6 is 0 Å². The molecule has 6 heteroatoms. The minimum absolute atomic E-state index is 0.0335. The molecule has 17 heavy (non-hydrogen) atoms. The molecule has 0 aromatic heterocycles. The number of esters is 1. The summed E-state index contributed by atoms with van der Waals surface area (Å²) in [4.78, 5) is 11.2. The van der Waals surface area contributed by atoms with Crippen molar-refractivity contribution in [2.45, 2.75) is 6.04 Å². The monoisotopic (exact) mass is 245 g/mol. The van der Waals surface area contributed by atoms with Crippen LogP contribution in [0.15, 0.2) is 18.2 Å². The van der Waals surface area contributed by atoms with E-state index in [1.807, 2.05) is 0 Å². The predicted octanol–water partition coefficient (Wildman–Crippen LogP) is 1.10. The highest BCUT2D eigenvalue weighted by Crippen LogP contribution is 2.15. The summed E-state index contributed by atoms with van der Waals surface area (Å²) in [5, 5.41) is 2.68. The maximum atomic E-state index is 12.8. The van der Waals surface area contributed by atoms with E-state index >= 15 is 0 Å². The second-order valence-corrected chi connectivity index (χ2v) is 3.25. The van der Waals surface area contributed by atoms with E-state index in [-0.39, 0.29) is 12.4 Å². The SMILES string of the molecule is CN[C@H](COc1ccc(F)c(F)c1)C(=O)OC. The third-order valence-electron chi connectivity index (χ3n) is 2.14. The Hall–Kier alpha value is -1.69. The van der Waals surface area contributed by atoms with Crippen LogP contribution < -0.4 is 10.1 Å². The number of likely N-dealkylation sites (N-methyl/N-ethyl adjacent to an activating group) is 1. The van der Waals surface area contributed by atoms with E-state index in [1.54, 1.807) is 7.05 Å². The van der Waals surface area contributed by atoms with E-state index in [4.69, 9.17) is 4.74 Å². The first-order valence-corrected chi connectivity index (χ1v) is 4.91. The number of ether oxygens (including phenoxy) is 2. The molecule has 0 fully saturated rings. The molecule has 1 atom stereocenters. The van der Waals surface area contributed by atoms with Crippen molar-refractivity contribution >= 4 is 5.97 Å². The quantitative estimate of drug-likeness (QED) is 0.789. The van der Waals surface area contributed by atoms with Crippen molar-refractivity contribution in [2.24, 2.45) is 0 Å². The maximum Gasteiger partial charge on any atom is 0.326 e. The molecule has 0 aliphatic rings. The summed E-state index contributed by atoms with van der Waals surface area (Å²) in [6.45, 7) is -0.0335. The van der Waals surface area contributed by atoms with Gasteiger partial charge in [0.15, 0.2) is 11.6 Å². The Morgan fingerprint density at radius 3 is 2.65 bits per heavy atom. The molecule has 0 saturated heterocycles. The highest BCUT2D eigenvalue weighted by molar-refractivity contribution is 5.75. The summed E-state index contributed by atoms with van der Waals surface area (Å²) >= 11 is 0. The van der Waals surface area contributed by atoms with Crippen LogP contribution in [-0.2, 0) is 9.53 Å². The lowest BCUT2D eigenvalue weighted by Gasteiger charge is -2.14. The van der Waals surface area contributed by atoms with Gasteiger partial charge in [-0.05, 0) is 19.2 Å². The second-order valence-electron chi connectivity index (χ2n) is 3.25. The number of halogens is 2. The zero-order valence-corrected chi connectivity index (χ0v) is 9.50. The summed E-state index contributed by atoms with van der Waals surface area (Å²) in [7, 11) is 2.82. The molecule has 1 N–H and O–H groups in total. The molecule has 0 aliphatic heterocycles. The maximum absolute atomic E-state index is 12.8. The van der Waals surface area contributed by atoms with Crippen LogP contribution in [0.1, 0.15) is 0 Å². The normalized spacial score (nSPS) is 12.0. The molecule has 0 unspecified atom stereocenters. The highest BCUT2D eigenvalue weighted by Gasteiger charge is 2.17.